The summed E-state index contributed by atoms with van der Waals surface area (Å²) in [5.74, 6) is -0.0901. The van der Waals surface area contributed by atoms with E-state index in [0.29, 0.717) is 32.0 Å². The lowest BCUT2D eigenvalue weighted by molar-refractivity contribution is -0.137. The van der Waals surface area contributed by atoms with E-state index in [1.165, 1.54) is 0 Å². The van der Waals surface area contributed by atoms with Crippen molar-refractivity contribution in [3.63, 3.8) is 0 Å². The van der Waals surface area contributed by atoms with Crippen LogP contribution in [0.1, 0.15) is 37.5 Å². The second kappa shape index (κ2) is 8.86. The fourth-order valence-electron chi connectivity index (χ4n) is 2.44. The predicted molar refractivity (Wildman–Crippen MR) is 85.4 cm³/mol. The molecule has 1 unspecified atom stereocenters. The molecule has 0 spiro atoms. The van der Waals surface area contributed by atoms with E-state index in [4.69, 9.17) is 14.6 Å². The fraction of sp³-hybridized carbons (Fsp3) is 0.588. The van der Waals surface area contributed by atoms with Gasteiger partial charge in [-0.3, -0.25) is 9.69 Å². The van der Waals surface area contributed by atoms with Gasteiger partial charge in [0.15, 0.2) is 0 Å². The van der Waals surface area contributed by atoms with E-state index in [1.54, 1.807) is 0 Å². The third-order valence-corrected chi connectivity index (χ3v) is 4.07. The van der Waals surface area contributed by atoms with Gasteiger partial charge in [0.25, 0.3) is 0 Å². The number of hydrogen-bond acceptors (Lipinski definition) is 5. The average molecular weight is 323 g/mol. The second-order valence-electron chi connectivity index (χ2n) is 5.82. The third kappa shape index (κ3) is 5.20. The van der Waals surface area contributed by atoms with Crippen LogP contribution in [-0.4, -0.2) is 54.0 Å². The van der Waals surface area contributed by atoms with E-state index in [9.17, 15) is 9.90 Å². The van der Waals surface area contributed by atoms with E-state index in [2.05, 4.69) is 0 Å². The minimum absolute atomic E-state index is 0.198. The molecule has 2 N–H and O–H groups in total. The maximum atomic E-state index is 10.5. The molecule has 1 atom stereocenters. The van der Waals surface area contributed by atoms with Gasteiger partial charge in [0.05, 0.1) is 25.9 Å². The summed E-state index contributed by atoms with van der Waals surface area (Å²) in [5.41, 5.74) is 0.743. The molecule has 1 saturated heterocycles. The lowest BCUT2D eigenvalue weighted by Crippen LogP contribution is -2.48. The van der Waals surface area contributed by atoms with Crippen molar-refractivity contribution in [1.82, 2.24) is 4.90 Å². The van der Waals surface area contributed by atoms with Gasteiger partial charge in [-0.1, -0.05) is 18.2 Å². The van der Waals surface area contributed by atoms with Gasteiger partial charge in [-0.2, -0.15) is 0 Å². The number of unbranched alkanes of at least 4 members (excludes halogenated alkanes) is 2. The molecule has 128 valence electrons. The van der Waals surface area contributed by atoms with Gasteiger partial charge >= 0.3 is 5.97 Å². The predicted octanol–water partition coefficient (Wildman–Crippen LogP) is 2.03. The van der Waals surface area contributed by atoms with Crippen molar-refractivity contribution in [2.24, 2.45) is 0 Å². The van der Waals surface area contributed by atoms with Gasteiger partial charge in [0.2, 0.25) is 0 Å². The number of rotatable bonds is 10. The van der Waals surface area contributed by atoms with Gasteiger partial charge < -0.3 is 19.7 Å². The standard InChI is InChI=1S/C17H25NO5/c1-18(13-11-22-12-13)17(21)14-7-4-5-8-15(14)23-10-6-2-3-9-16(19)20/h4-5,7-8,13,17,21H,2-3,6,9-12H2,1H3,(H,19,20). The molecule has 0 amide bonds. The van der Waals surface area contributed by atoms with Crippen LogP contribution in [0.25, 0.3) is 0 Å². The summed E-state index contributed by atoms with van der Waals surface area (Å²) in [7, 11) is 1.88. The number of para-hydroxylation sites is 1. The molecular formula is C17H25NO5. The molecule has 0 aliphatic carbocycles. The van der Waals surface area contributed by atoms with Gasteiger partial charge in [0.1, 0.15) is 12.0 Å². The second-order valence-corrected chi connectivity index (χ2v) is 5.82. The van der Waals surface area contributed by atoms with Gasteiger partial charge in [-0.15, -0.1) is 0 Å². The van der Waals surface area contributed by atoms with Gasteiger partial charge in [-0.05, 0) is 32.4 Å². The zero-order valence-corrected chi connectivity index (χ0v) is 13.5. The number of carboxylic acids is 1. The number of ether oxygens (including phenoxy) is 2. The summed E-state index contributed by atoms with van der Waals surface area (Å²) >= 11 is 0. The lowest BCUT2D eigenvalue weighted by Gasteiger charge is -2.37. The molecule has 6 heteroatoms. The van der Waals surface area contributed by atoms with Gasteiger partial charge in [0, 0.05) is 12.0 Å². The van der Waals surface area contributed by atoms with Crippen LogP contribution in [0.3, 0.4) is 0 Å². The van der Waals surface area contributed by atoms with Crippen LogP contribution in [0.15, 0.2) is 24.3 Å². The van der Waals surface area contributed by atoms with Crippen LogP contribution < -0.4 is 4.74 Å². The molecule has 23 heavy (non-hydrogen) atoms. The first kappa shape index (κ1) is 17.7. The highest BCUT2D eigenvalue weighted by Gasteiger charge is 2.29. The molecular weight excluding hydrogens is 298 g/mol. The number of likely N-dealkylation sites (N-methyl/N-ethyl adjacent to an activating group) is 1. The monoisotopic (exact) mass is 323 g/mol. The summed E-state index contributed by atoms with van der Waals surface area (Å²) in [6, 6.07) is 7.70. The molecule has 0 bridgehead atoms. The number of benzene rings is 1. The summed E-state index contributed by atoms with van der Waals surface area (Å²) in [6.45, 7) is 1.79. The molecule has 1 heterocycles. The van der Waals surface area contributed by atoms with Crippen LogP contribution in [0, 0.1) is 0 Å². The first-order chi connectivity index (χ1) is 11.1. The molecule has 6 nitrogen and oxygen atoms in total. The van der Waals surface area contributed by atoms with Crippen LogP contribution >= 0.6 is 0 Å². The Morgan fingerprint density at radius 2 is 2.09 bits per heavy atom. The minimum atomic E-state index is -0.762. The highest BCUT2D eigenvalue weighted by atomic mass is 16.5. The molecule has 1 aliphatic rings. The molecule has 1 aromatic rings. The van der Waals surface area contributed by atoms with Crippen LogP contribution in [0.5, 0.6) is 5.75 Å². The van der Waals surface area contributed by atoms with Crippen LogP contribution in [0.4, 0.5) is 0 Å². The van der Waals surface area contributed by atoms with E-state index in [-0.39, 0.29) is 12.5 Å². The number of aliphatic hydroxyl groups is 1. The highest BCUT2D eigenvalue weighted by molar-refractivity contribution is 5.66. The van der Waals surface area contributed by atoms with Crippen molar-refractivity contribution in [2.45, 2.75) is 38.0 Å². The number of aliphatic hydroxyl groups excluding tert-OH is 1. The summed E-state index contributed by atoms with van der Waals surface area (Å²) in [4.78, 5) is 12.3. The van der Waals surface area contributed by atoms with Crippen molar-refractivity contribution in [3.8, 4) is 5.75 Å². The molecule has 0 saturated carbocycles. The number of hydrogen-bond donors (Lipinski definition) is 2. The third-order valence-electron chi connectivity index (χ3n) is 4.07. The van der Waals surface area contributed by atoms with Crippen molar-refractivity contribution in [3.05, 3.63) is 29.8 Å². The molecule has 2 rings (SSSR count). The summed E-state index contributed by atoms with van der Waals surface area (Å²) < 4.78 is 10.9. The Kier molecular flexibility index (Phi) is 6.83. The van der Waals surface area contributed by atoms with E-state index in [0.717, 1.165) is 18.4 Å². The maximum Gasteiger partial charge on any atom is 0.303 e. The van der Waals surface area contributed by atoms with E-state index >= 15 is 0 Å². The smallest absolute Gasteiger partial charge is 0.303 e. The van der Waals surface area contributed by atoms with Crippen molar-refractivity contribution in [1.29, 1.82) is 0 Å². The topological polar surface area (TPSA) is 79.2 Å². The fourth-order valence-corrected chi connectivity index (χ4v) is 2.44. The maximum absolute atomic E-state index is 10.5. The van der Waals surface area contributed by atoms with Crippen LogP contribution in [-0.2, 0) is 9.53 Å². The summed E-state index contributed by atoms with van der Waals surface area (Å²) in [5, 5.41) is 19.1. The van der Waals surface area contributed by atoms with E-state index < -0.39 is 12.2 Å². The average Bonchev–Trinajstić information content (AvgIpc) is 2.48. The Labute approximate surface area is 136 Å². The Morgan fingerprint density at radius 1 is 1.35 bits per heavy atom. The zero-order valence-electron chi connectivity index (χ0n) is 13.5. The first-order valence-corrected chi connectivity index (χ1v) is 8.01. The highest BCUT2D eigenvalue weighted by Crippen LogP contribution is 2.29. The lowest BCUT2D eigenvalue weighted by atomic mass is 10.1. The van der Waals surface area contributed by atoms with Gasteiger partial charge in [-0.25, -0.2) is 0 Å². The Hall–Kier alpha value is -1.63. The number of carboxylic acid groups (broad SMARTS) is 1. The number of nitrogens with zero attached hydrogens (tertiary/aromatic N) is 1. The summed E-state index contributed by atoms with van der Waals surface area (Å²) in [6.07, 6.45) is 1.74. The first-order valence-electron chi connectivity index (χ1n) is 8.01. The Morgan fingerprint density at radius 3 is 2.74 bits per heavy atom. The zero-order chi connectivity index (χ0) is 16.7. The molecule has 0 radical (unpaired) electrons. The molecule has 1 aromatic carbocycles. The van der Waals surface area contributed by atoms with Crippen molar-refractivity contribution < 1.29 is 24.5 Å². The number of carbonyl (C=O) groups is 1. The largest absolute Gasteiger partial charge is 0.493 e. The molecule has 0 aromatic heterocycles. The Balaban J connectivity index is 1.83. The quantitative estimate of drug-likeness (QED) is 0.507. The van der Waals surface area contributed by atoms with Crippen LogP contribution in [0.2, 0.25) is 0 Å². The Bertz CT molecular complexity index is 504. The number of aliphatic carboxylic acids is 1. The molecule has 1 fully saturated rings. The SMILES string of the molecule is CN(C1COC1)C(O)c1ccccc1OCCCCCC(=O)O. The van der Waals surface area contributed by atoms with Crippen molar-refractivity contribution >= 4 is 5.97 Å². The van der Waals surface area contributed by atoms with Crippen molar-refractivity contribution in [2.75, 3.05) is 26.9 Å². The minimum Gasteiger partial charge on any atom is -0.493 e. The van der Waals surface area contributed by atoms with E-state index in [1.807, 2.05) is 36.2 Å². The normalized spacial score (nSPS) is 16.1. The molecule has 1 aliphatic heterocycles.